The SMILES string of the molecule is Cc1ccc(Oc2ccccc2C(N)=NO)cn1. The van der Waals surface area contributed by atoms with E-state index in [1.807, 2.05) is 25.1 Å². The normalized spacial score (nSPS) is 11.3. The van der Waals surface area contributed by atoms with Crippen LogP contribution >= 0.6 is 0 Å². The molecule has 0 bridgehead atoms. The molecule has 1 aromatic heterocycles. The van der Waals surface area contributed by atoms with E-state index in [1.54, 1.807) is 24.4 Å². The van der Waals surface area contributed by atoms with E-state index in [1.165, 1.54) is 0 Å². The summed E-state index contributed by atoms with van der Waals surface area (Å²) in [6.45, 7) is 1.90. The predicted octanol–water partition coefficient (Wildman–Crippen LogP) is 2.28. The zero-order valence-corrected chi connectivity index (χ0v) is 9.87. The Morgan fingerprint density at radius 3 is 2.72 bits per heavy atom. The molecular formula is C13H13N3O2. The van der Waals surface area contributed by atoms with Crippen LogP contribution in [0.5, 0.6) is 11.5 Å². The Balaban J connectivity index is 2.32. The molecule has 0 spiro atoms. The summed E-state index contributed by atoms with van der Waals surface area (Å²) in [5.41, 5.74) is 7.01. The molecule has 0 aliphatic rings. The van der Waals surface area contributed by atoms with E-state index in [0.29, 0.717) is 17.1 Å². The number of aryl methyl sites for hydroxylation is 1. The molecule has 5 nitrogen and oxygen atoms in total. The van der Waals surface area contributed by atoms with E-state index in [-0.39, 0.29) is 5.84 Å². The number of rotatable bonds is 3. The van der Waals surface area contributed by atoms with Crippen LogP contribution in [0.25, 0.3) is 0 Å². The van der Waals surface area contributed by atoms with Gasteiger partial charge in [0.1, 0.15) is 11.5 Å². The van der Waals surface area contributed by atoms with Crippen LogP contribution in [0.2, 0.25) is 0 Å². The van der Waals surface area contributed by atoms with Crippen LogP contribution in [0.15, 0.2) is 47.8 Å². The van der Waals surface area contributed by atoms with Crippen molar-refractivity contribution in [3.63, 3.8) is 0 Å². The van der Waals surface area contributed by atoms with Gasteiger partial charge in [-0.1, -0.05) is 17.3 Å². The molecule has 5 heteroatoms. The maximum atomic E-state index is 8.71. The average Bonchev–Trinajstić information content (AvgIpc) is 2.41. The highest BCUT2D eigenvalue weighted by Crippen LogP contribution is 2.24. The molecule has 0 amide bonds. The van der Waals surface area contributed by atoms with Gasteiger partial charge >= 0.3 is 0 Å². The third-order valence-electron chi connectivity index (χ3n) is 2.38. The van der Waals surface area contributed by atoms with Gasteiger partial charge in [0.25, 0.3) is 0 Å². The van der Waals surface area contributed by atoms with Gasteiger partial charge in [0, 0.05) is 5.69 Å². The molecule has 92 valence electrons. The van der Waals surface area contributed by atoms with Gasteiger partial charge < -0.3 is 15.7 Å². The lowest BCUT2D eigenvalue weighted by Gasteiger charge is -2.09. The van der Waals surface area contributed by atoms with Crippen molar-refractivity contribution in [3.05, 3.63) is 53.9 Å². The van der Waals surface area contributed by atoms with E-state index in [0.717, 1.165) is 5.69 Å². The molecule has 0 saturated carbocycles. The minimum atomic E-state index is 0.00525. The molecule has 0 unspecified atom stereocenters. The maximum absolute atomic E-state index is 8.71. The Bertz CT molecular complexity index is 565. The quantitative estimate of drug-likeness (QED) is 0.375. The third-order valence-corrected chi connectivity index (χ3v) is 2.38. The molecule has 2 aromatic rings. The fourth-order valence-electron chi connectivity index (χ4n) is 1.46. The highest BCUT2D eigenvalue weighted by atomic mass is 16.5. The number of amidine groups is 1. The summed E-state index contributed by atoms with van der Waals surface area (Å²) in [7, 11) is 0. The van der Waals surface area contributed by atoms with E-state index >= 15 is 0 Å². The number of para-hydroxylation sites is 1. The minimum Gasteiger partial charge on any atom is -0.455 e. The van der Waals surface area contributed by atoms with Crippen molar-refractivity contribution < 1.29 is 9.94 Å². The molecule has 1 aromatic carbocycles. The van der Waals surface area contributed by atoms with Crippen LogP contribution in [0.3, 0.4) is 0 Å². The number of pyridine rings is 1. The number of benzene rings is 1. The summed E-state index contributed by atoms with van der Waals surface area (Å²) >= 11 is 0. The van der Waals surface area contributed by atoms with Crippen LogP contribution in [0.1, 0.15) is 11.3 Å². The van der Waals surface area contributed by atoms with E-state index in [4.69, 9.17) is 15.7 Å². The number of hydrogen-bond donors (Lipinski definition) is 2. The van der Waals surface area contributed by atoms with Crippen molar-refractivity contribution in [1.29, 1.82) is 0 Å². The summed E-state index contributed by atoms with van der Waals surface area (Å²) < 4.78 is 5.65. The van der Waals surface area contributed by atoms with Crippen molar-refractivity contribution in [1.82, 2.24) is 4.98 Å². The van der Waals surface area contributed by atoms with Crippen molar-refractivity contribution in [2.45, 2.75) is 6.92 Å². The Labute approximate surface area is 105 Å². The summed E-state index contributed by atoms with van der Waals surface area (Å²) in [6, 6.07) is 10.7. The van der Waals surface area contributed by atoms with Crippen molar-refractivity contribution in [3.8, 4) is 11.5 Å². The third kappa shape index (κ3) is 2.57. The lowest BCUT2D eigenvalue weighted by molar-refractivity contribution is 0.318. The molecule has 3 N–H and O–H groups in total. The fraction of sp³-hybridized carbons (Fsp3) is 0.0769. The van der Waals surface area contributed by atoms with Gasteiger partial charge in [0.05, 0.1) is 11.8 Å². The van der Waals surface area contributed by atoms with Crippen LogP contribution in [-0.2, 0) is 0 Å². The molecule has 0 aliphatic carbocycles. The number of hydrogen-bond acceptors (Lipinski definition) is 4. The highest BCUT2D eigenvalue weighted by molar-refractivity contribution is 5.99. The zero-order chi connectivity index (χ0) is 13.0. The van der Waals surface area contributed by atoms with Gasteiger partial charge in [-0.2, -0.15) is 0 Å². The number of ether oxygens (including phenoxy) is 1. The first-order valence-corrected chi connectivity index (χ1v) is 5.38. The van der Waals surface area contributed by atoms with Crippen molar-refractivity contribution in [2.24, 2.45) is 10.9 Å². The molecule has 0 radical (unpaired) electrons. The molecule has 0 saturated heterocycles. The van der Waals surface area contributed by atoms with Crippen LogP contribution < -0.4 is 10.5 Å². The molecule has 0 aliphatic heterocycles. The van der Waals surface area contributed by atoms with Gasteiger partial charge in [0.2, 0.25) is 0 Å². The van der Waals surface area contributed by atoms with Gasteiger partial charge in [-0.25, -0.2) is 0 Å². The highest BCUT2D eigenvalue weighted by Gasteiger charge is 2.08. The fourth-order valence-corrected chi connectivity index (χ4v) is 1.46. The lowest BCUT2D eigenvalue weighted by atomic mass is 10.2. The first kappa shape index (κ1) is 11.9. The number of nitrogens with zero attached hydrogens (tertiary/aromatic N) is 2. The molecule has 18 heavy (non-hydrogen) atoms. The molecule has 2 rings (SSSR count). The second kappa shape index (κ2) is 5.18. The molecule has 0 fully saturated rings. The van der Waals surface area contributed by atoms with Crippen molar-refractivity contribution in [2.75, 3.05) is 0 Å². The second-order valence-corrected chi connectivity index (χ2v) is 3.72. The Kier molecular flexibility index (Phi) is 3.43. The van der Waals surface area contributed by atoms with Gasteiger partial charge in [-0.3, -0.25) is 4.98 Å². The molecular weight excluding hydrogens is 230 g/mol. The average molecular weight is 243 g/mol. The summed E-state index contributed by atoms with van der Waals surface area (Å²) in [6.07, 6.45) is 1.62. The summed E-state index contributed by atoms with van der Waals surface area (Å²) in [5, 5.41) is 11.7. The van der Waals surface area contributed by atoms with E-state index in [2.05, 4.69) is 10.1 Å². The van der Waals surface area contributed by atoms with Gasteiger partial charge in [-0.15, -0.1) is 0 Å². The smallest absolute Gasteiger partial charge is 0.173 e. The Morgan fingerprint density at radius 1 is 1.28 bits per heavy atom. The molecule has 0 atom stereocenters. The summed E-state index contributed by atoms with van der Waals surface area (Å²) in [4.78, 5) is 4.13. The van der Waals surface area contributed by atoms with Crippen LogP contribution in [0.4, 0.5) is 0 Å². The topological polar surface area (TPSA) is 80.7 Å². The monoisotopic (exact) mass is 243 g/mol. The van der Waals surface area contributed by atoms with Gasteiger partial charge in [-0.05, 0) is 31.2 Å². The van der Waals surface area contributed by atoms with E-state index < -0.39 is 0 Å². The molecule has 1 heterocycles. The Hall–Kier alpha value is -2.56. The predicted molar refractivity (Wildman–Crippen MR) is 68.0 cm³/mol. The number of aromatic nitrogens is 1. The van der Waals surface area contributed by atoms with Gasteiger partial charge in [0.15, 0.2) is 5.84 Å². The van der Waals surface area contributed by atoms with Crippen molar-refractivity contribution >= 4 is 5.84 Å². The maximum Gasteiger partial charge on any atom is 0.173 e. The van der Waals surface area contributed by atoms with Crippen LogP contribution in [0, 0.1) is 6.92 Å². The first-order chi connectivity index (χ1) is 8.70. The van der Waals surface area contributed by atoms with E-state index in [9.17, 15) is 0 Å². The number of oxime groups is 1. The number of nitrogens with two attached hydrogens (primary N) is 1. The largest absolute Gasteiger partial charge is 0.455 e. The lowest BCUT2D eigenvalue weighted by Crippen LogP contribution is -2.14. The first-order valence-electron chi connectivity index (χ1n) is 5.38. The second-order valence-electron chi connectivity index (χ2n) is 3.72. The Morgan fingerprint density at radius 2 is 2.06 bits per heavy atom. The van der Waals surface area contributed by atoms with Crippen LogP contribution in [-0.4, -0.2) is 16.0 Å². The summed E-state index contributed by atoms with van der Waals surface area (Å²) in [5.74, 6) is 1.11. The minimum absolute atomic E-state index is 0.00525. The standard InChI is InChI=1S/C13H13N3O2/c1-9-6-7-10(8-15-9)18-12-5-3-2-4-11(12)13(14)16-17/h2-8,17H,1H3,(H2,14,16). The zero-order valence-electron chi connectivity index (χ0n) is 9.87.